The smallest absolute Gasteiger partial charge is 0.0548 e. The monoisotopic (exact) mass is 346 g/mol. The number of hydrogen-bond acceptors (Lipinski definition) is 2. The van der Waals surface area contributed by atoms with Crippen LogP contribution in [0.3, 0.4) is 0 Å². The second-order valence-electron chi connectivity index (χ2n) is 5.72. The normalized spacial score (nSPS) is 13.3. The molecule has 1 unspecified atom stereocenters. The zero-order valence-electron chi connectivity index (χ0n) is 12.2. The molecule has 108 valence electrons. The molecule has 0 heterocycles. The number of benzene rings is 1. The first-order valence-electron chi connectivity index (χ1n) is 6.70. The fraction of sp³-hybridized carbons (Fsp3) is 0.600. The van der Waals surface area contributed by atoms with Crippen molar-refractivity contribution < 1.29 is 0 Å². The number of halogens is 2. The van der Waals surface area contributed by atoms with Crippen LogP contribution in [0.1, 0.15) is 25.8 Å². The van der Waals surface area contributed by atoms with Gasteiger partial charge in [-0.3, -0.25) is 0 Å². The minimum absolute atomic E-state index is 0.518. The molecule has 1 rings (SSSR count). The minimum Gasteiger partial charge on any atom is -0.309 e. The predicted octanol–water partition coefficient (Wildman–Crippen LogP) is 4.17. The molecule has 0 spiro atoms. The Bertz CT molecular complexity index is 384. The minimum atomic E-state index is 0.518. The van der Waals surface area contributed by atoms with Gasteiger partial charge in [-0.1, -0.05) is 31.5 Å². The number of nitrogens with one attached hydrogen (secondary N) is 1. The molecular weight excluding hydrogens is 324 g/mol. The topological polar surface area (TPSA) is 15.3 Å². The fourth-order valence-corrected chi connectivity index (χ4v) is 2.69. The van der Waals surface area contributed by atoms with E-state index in [2.05, 4.69) is 66.2 Å². The Balaban J connectivity index is 2.56. The van der Waals surface area contributed by atoms with Crippen molar-refractivity contribution in [3.63, 3.8) is 0 Å². The molecule has 2 nitrogen and oxygen atoms in total. The van der Waals surface area contributed by atoms with Crippen molar-refractivity contribution in [1.29, 1.82) is 0 Å². The highest BCUT2D eigenvalue weighted by Gasteiger charge is 2.11. The summed E-state index contributed by atoms with van der Waals surface area (Å²) >= 11 is 9.47. The summed E-state index contributed by atoms with van der Waals surface area (Å²) in [5, 5.41) is 4.40. The summed E-state index contributed by atoms with van der Waals surface area (Å²) in [6.45, 7) is 6.47. The zero-order chi connectivity index (χ0) is 14.4. The van der Waals surface area contributed by atoms with E-state index in [1.165, 1.54) is 12.0 Å². The van der Waals surface area contributed by atoms with E-state index in [9.17, 15) is 0 Å². The van der Waals surface area contributed by atoms with E-state index < -0.39 is 0 Å². The van der Waals surface area contributed by atoms with Gasteiger partial charge in [-0.15, -0.1) is 0 Å². The lowest BCUT2D eigenvalue weighted by Crippen LogP contribution is -2.38. The molecule has 0 bridgehead atoms. The molecule has 0 aliphatic carbocycles. The second-order valence-corrected chi connectivity index (χ2v) is 6.98. The van der Waals surface area contributed by atoms with Crippen molar-refractivity contribution in [2.45, 2.75) is 32.9 Å². The Labute approximate surface area is 130 Å². The molecule has 0 amide bonds. The largest absolute Gasteiger partial charge is 0.309 e. The molecule has 1 aromatic carbocycles. The molecule has 1 N–H and O–H groups in total. The predicted molar refractivity (Wildman–Crippen MR) is 87.8 cm³/mol. The third kappa shape index (κ3) is 6.75. The summed E-state index contributed by atoms with van der Waals surface area (Å²) in [6, 6.07) is 6.61. The van der Waals surface area contributed by atoms with Gasteiger partial charge in [0, 0.05) is 23.6 Å². The molecule has 0 aromatic heterocycles. The van der Waals surface area contributed by atoms with Gasteiger partial charge < -0.3 is 10.2 Å². The van der Waals surface area contributed by atoms with Crippen molar-refractivity contribution in [2.24, 2.45) is 5.92 Å². The Kier molecular flexibility index (Phi) is 7.37. The van der Waals surface area contributed by atoms with Crippen molar-refractivity contribution in [3.8, 4) is 0 Å². The first-order chi connectivity index (χ1) is 8.88. The summed E-state index contributed by atoms with van der Waals surface area (Å²) in [7, 11) is 4.24. The molecule has 0 aliphatic rings. The molecule has 0 fully saturated rings. The van der Waals surface area contributed by atoms with Gasteiger partial charge in [0.1, 0.15) is 0 Å². The van der Waals surface area contributed by atoms with E-state index in [1.54, 1.807) is 0 Å². The van der Waals surface area contributed by atoms with Gasteiger partial charge in [0.2, 0.25) is 0 Å². The Morgan fingerprint density at radius 3 is 2.53 bits per heavy atom. The molecule has 0 aliphatic heterocycles. The molecular formula is C15H24BrClN2. The molecule has 1 aromatic rings. The van der Waals surface area contributed by atoms with Crippen LogP contribution in [0.5, 0.6) is 0 Å². The lowest BCUT2D eigenvalue weighted by molar-refractivity contribution is 0.305. The van der Waals surface area contributed by atoms with Crippen LogP contribution in [0, 0.1) is 5.92 Å². The average molecular weight is 348 g/mol. The van der Waals surface area contributed by atoms with E-state index in [-0.39, 0.29) is 0 Å². The van der Waals surface area contributed by atoms with Crippen molar-refractivity contribution >= 4 is 27.5 Å². The first kappa shape index (κ1) is 17.0. The highest BCUT2D eigenvalue weighted by molar-refractivity contribution is 9.10. The first-order valence-corrected chi connectivity index (χ1v) is 7.87. The van der Waals surface area contributed by atoms with Crippen LogP contribution in [0.2, 0.25) is 5.02 Å². The van der Waals surface area contributed by atoms with Gasteiger partial charge in [-0.05, 0) is 60.1 Å². The average Bonchev–Trinajstić information content (AvgIpc) is 2.29. The molecule has 19 heavy (non-hydrogen) atoms. The van der Waals surface area contributed by atoms with Crippen molar-refractivity contribution in [1.82, 2.24) is 10.2 Å². The third-order valence-corrected chi connectivity index (χ3v) is 4.13. The van der Waals surface area contributed by atoms with Gasteiger partial charge in [-0.25, -0.2) is 0 Å². The van der Waals surface area contributed by atoms with Crippen LogP contribution < -0.4 is 5.32 Å². The molecule has 0 saturated heterocycles. The number of nitrogens with zero attached hydrogens (tertiary/aromatic N) is 1. The van der Waals surface area contributed by atoms with Gasteiger partial charge in [0.15, 0.2) is 0 Å². The zero-order valence-corrected chi connectivity index (χ0v) is 14.6. The van der Waals surface area contributed by atoms with Gasteiger partial charge in [0.25, 0.3) is 0 Å². The Hall–Kier alpha value is -0.0900. The third-order valence-electron chi connectivity index (χ3n) is 2.92. The van der Waals surface area contributed by atoms with Crippen LogP contribution in [-0.2, 0) is 6.54 Å². The van der Waals surface area contributed by atoms with Crippen molar-refractivity contribution in [3.05, 3.63) is 33.3 Å². The van der Waals surface area contributed by atoms with Crippen LogP contribution in [0.4, 0.5) is 0 Å². The summed E-state index contributed by atoms with van der Waals surface area (Å²) in [5.74, 6) is 0.703. The summed E-state index contributed by atoms with van der Waals surface area (Å²) < 4.78 is 0.960. The molecule has 0 radical (unpaired) electrons. The maximum Gasteiger partial charge on any atom is 0.0548 e. The standard InChI is InChI=1S/C15H24BrClN2/c1-11(2)7-13(10-19(3)4)18-9-12-5-6-15(17)14(16)8-12/h5-6,8,11,13,18H,7,9-10H2,1-4H3. The number of hydrogen-bond donors (Lipinski definition) is 1. The van der Waals surface area contributed by atoms with Crippen LogP contribution in [0.15, 0.2) is 22.7 Å². The summed E-state index contributed by atoms with van der Waals surface area (Å²) in [4.78, 5) is 2.23. The van der Waals surface area contributed by atoms with E-state index in [0.29, 0.717) is 12.0 Å². The van der Waals surface area contributed by atoms with Gasteiger partial charge >= 0.3 is 0 Å². The molecule has 1 atom stereocenters. The maximum atomic E-state index is 6.01. The summed E-state index contributed by atoms with van der Waals surface area (Å²) in [5.41, 5.74) is 1.25. The number of likely N-dealkylation sites (N-methyl/N-ethyl adjacent to an activating group) is 1. The lowest BCUT2D eigenvalue weighted by atomic mass is 10.0. The van der Waals surface area contributed by atoms with E-state index in [4.69, 9.17) is 11.6 Å². The maximum absolute atomic E-state index is 6.01. The SMILES string of the molecule is CC(C)CC(CN(C)C)NCc1ccc(Cl)c(Br)c1. The van der Waals surface area contributed by atoms with Crippen LogP contribution in [0.25, 0.3) is 0 Å². The van der Waals surface area contributed by atoms with Crippen LogP contribution in [-0.4, -0.2) is 31.6 Å². The van der Waals surface area contributed by atoms with Gasteiger partial charge in [-0.2, -0.15) is 0 Å². The highest BCUT2D eigenvalue weighted by atomic mass is 79.9. The Morgan fingerprint density at radius 1 is 1.32 bits per heavy atom. The molecule has 4 heteroatoms. The van der Waals surface area contributed by atoms with Crippen molar-refractivity contribution in [2.75, 3.05) is 20.6 Å². The van der Waals surface area contributed by atoms with E-state index in [1.807, 2.05) is 6.07 Å². The van der Waals surface area contributed by atoms with E-state index >= 15 is 0 Å². The highest BCUT2D eigenvalue weighted by Crippen LogP contribution is 2.23. The Morgan fingerprint density at radius 2 is 2.00 bits per heavy atom. The molecule has 0 saturated carbocycles. The quantitative estimate of drug-likeness (QED) is 0.796. The number of rotatable bonds is 7. The van der Waals surface area contributed by atoms with Gasteiger partial charge in [0.05, 0.1) is 5.02 Å². The summed E-state index contributed by atoms with van der Waals surface area (Å²) in [6.07, 6.45) is 1.19. The fourth-order valence-electron chi connectivity index (χ4n) is 2.14. The van der Waals surface area contributed by atoms with E-state index in [0.717, 1.165) is 22.6 Å². The lowest BCUT2D eigenvalue weighted by Gasteiger charge is -2.24. The van der Waals surface area contributed by atoms with Crippen LogP contribution >= 0.6 is 27.5 Å². The second kappa shape index (κ2) is 8.25.